The number of nitrogens with zero attached hydrogens (tertiary/aromatic N) is 3. The summed E-state index contributed by atoms with van der Waals surface area (Å²) in [7, 11) is 0. The van der Waals surface area contributed by atoms with E-state index in [1.807, 2.05) is 18.2 Å². The normalized spacial score (nSPS) is 17.2. The average Bonchev–Trinajstić information content (AvgIpc) is 3.12. The molecular formula is C19H16FN5O. The highest BCUT2D eigenvalue weighted by Gasteiger charge is 2.26. The van der Waals surface area contributed by atoms with Gasteiger partial charge >= 0.3 is 0 Å². The maximum absolute atomic E-state index is 13.8. The topological polar surface area (TPSA) is 84.8 Å². The molecule has 7 heteroatoms. The smallest absolute Gasteiger partial charge is 0.270 e. The summed E-state index contributed by atoms with van der Waals surface area (Å²) in [5, 5.41) is 13.0. The number of benzene rings is 1. The van der Waals surface area contributed by atoms with E-state index in [1.165, 1.54) is 6.07 Å². The number of hydrogen-bond donors (Lipinski definition) is 2. The van der Waals surface area contributed by atoms with Gasteiger partial charge in [0.25, 0.3) is 5.91 Å². The Bertz CT molecular complexity index is 1010. The Labute approximate surface area is 149 Å². The summed E-state index contributed by atoms with van der Waals surface area (Å²) in [5.41, 5.74) is 1.90. The van der Waals surface area contributed by atoms with Gasteiger partial charge in [-0.2, -0.15) is 5.26 Å². The fourth-order valence-electron chi connectivity index (χ4n) is 3.32. The zero-order valence-electron chi connectivity index (χ0n) is 13.9. The molecule has 1 atom stereocenters. The van der Waals surface area contributed by atoms with Crippen LogP contribution in [0.15, 0.2) is 42.7 Å². The third kappa shape index (κ3) is 2.80. The molecule has 0 radical (unpaired) electrons. The molecule has 1 fully saturated rings. The van der Waals surface area contributed by atoms with Crippen LogP contribution in [0.5, 0.6) is 0 Å². The van der Waals surface area contributed by atoms with E-state index in [0.29, 0.717) is 36.2 Å². The number of aromatic amines is 1. The second-order valence-corrected chi connectivity index (χ2v) is 6.22. The van der Waals surface area contributed by atoms with Crippen molar-refractivity contribution >= 4 is 16.8 Å². The highest BCUT2D eigenvalue weighted by molar-refractivity contribution is 5.99. The number of rotatable bonds is 2. The molecule has 2 aromatic heterocycles. The van der Waals surface area contributed by atoms with Crippen molar-refractivity contribution in [2.75, 3.05) is 19.6 Å². The van der Waals surface area contributed by atoms with Crippen molar-refractivity contribution < 1.29 is 9.18 Å². The summed E-state index contributed by atoms with van der Waals surface area (Å²) in [4.78, 5) is 21.8. The van der Waals surface area contributed by atoms with Crippen LogP contribution < -0.4 is 5.32 Å². The highest BCUT2D eigenvalue weighted by atomic mass is 19.1. The van der Waals surface area contributed by atoms with E-state index >= 15 is 0 Å². The Hall–Kier alpha value is -3.24. The average molecular weight is 349 g/mol. The number of carbonyl (C=O) groups is 1. The third-order valence-corrected chi connectivity index (χ3v) is 4.64. The molecule has 130 valence electrons. The number of pyridine rings is 1. The molecule has 3 aromatic rings. The Morgan fingerprint density at radius 3 is 3.04 bits per heavy atom. The monoisotopic (exact) mass is 349 g/mol. The Morgan fingerprint density at radius 2 is 2.27 bits per heavy atom. The van der Waals surface area contributed by atoms with Gasteiger partial charge in [-0.25, -0.2) is 4.39 Å². The van der Waals surface area contributed by atoms with Gasteiger partial charge in [-0.15, -0.1) is 0 Å². The van der Waals surface area contributed by atoms with Crippen LogP contribution in [0.3, 0.4) is 0 Å². The van der Waals surface area contributed by atoms with Gasteiger partial charge in [0.2, 0.25) is 0 Å². The van der Waals surface area contributed by atoms with E-state index in [1.54, 1.807) is 29.4 Å². The first-order valence-corrected chi connectivity index (χ1v) is 8.31. The second kappa shape index (κ2) is 6.58. The van der Waals surface area contributed by atoms with Crippen LogP contribution in [0.4, 0.5) is 4.39 Å². The molecule has 3 heterocycles. The molecule has 0 aliphatic carbocycles. The van der Waals surface area contributed by atoms with Gasteiger partial charge in [0.15, 0.2) is 0 Å². The van der Waals surface area contributed by atoms with Crippen LogP contribution in [0.25, 0.3) is 10.9 Å². The minimum atomic E-state index is -0.586. The zero-order chi connectivity index (χ0) is 18.1. The van der Waals surface area contributed by atoms with Gasteiger partial charge < -0.3 is 15.2 Å². The minimum Gasteiger partial charge on any atom is -0.350 e. The van der Waals surface area contributed by atoms with Crippen LogP contribution in [0.2, 0.25) is 0 Å². The zero-order valence-corrected chi connectivity index (χ0v) is 13.9. The molecule has 6 nitrogen and oxygen atoms in total. The van der Waals surface area contributed by atoms with E-state index in [0.717, 1.165) is 5.56 Å². The summed E-state index contributed by atoms with van der Waals surface area (Å²) < 4.78 is 13.8. The number of hydrogen-bond acceptors (Lipinski definition) is 4. The molecule has 0 spiro atoms. The number of piperazine rings is 1. The minimum absolute atomic E-state index is 0.0119. The molecule has 26 heavy (non-hydrogen) atoms. The summed E-state index contributed by atoms with van der Waals surface area (Å²) in [6, 6.07) is 10.0. The van der Waals surface area contributed by atoms with E-state index in [2.05, 4.69) is 15.3 Å². The molecular weight excluding hydrogens is 333 g/mol. The molecule has 2 N–H and O–H groups in total. The van der Waals surface area contributed by atoms with Crippen LogP contribution in [-0.4, -0.2) is 40.4 Å². The van der Waals surface area contributed by atoms with E-state index < -0.39 is 5.82 Å². The van der Waals surface area contributed by atoms with Crippen LogP contribution in [0.1, 0.15) is 27.7 Å². The summed E-state index contributed by atoms with van der Waals surface area (Å²) in [6.07, 6.45) is 3.50. The van der Waals surface area contributed by atoms with Crippen molar-refractivity contribution in [2.45, 2.75) is 6.04 Å². The van der Waals surface area contributed by atoms with E-state index in [9.17, 15) is 9.18 Å². The Balaban J connectivity index is 1.61. The lowest BCUT2D eigenvalue weighted by molar-refractivity contribution is 0.0698. The number of fused-ring (bicyclic) bond motifs is 1. The van der Waals surface area contributed by atoms with Gasteiger partial charge in [-0.05, 0) is 29.8 Å². The predicted octanol–water partition coefficient (Wildman–Crippen LogP) is 2.36. The first-order valence-electron chi connectivity index (χ1n) is 8.31. The fraction of sp³-hybridized carbons (Fsp3) is 0.211. The summed E-state index contributed by atoms with van der Waals surface area (Å²) in [6.45, 7) is 1.76. The van der Waals surface area contributed by atoms with Gasteiger partial charge in [-0.3, -0.25) is 9.78 Å². The van der Waals surface area contributed by atoms with Crippen molar-refractivity contribution in [1.29, 1.82) is 5.26 Å². The number of amides is 1. The molecule has 1 aromatic carbocycles. The second-order valence-electron chi connectivity index (χ2n) is 6.22. The lowest BCUT2D eigenvalue weighted by atomic mass is 10.1. The fourth-order valence-corrected chi connectivity index (χ4v) is 3.32. The van der Waals surface area contributed by atoms with Crippen molar-refractivity contribution in [2.24, 2.45) is 0 Å². The third-order valence-electron chi connectivity index (χ3n) is 4.64. The highest BCUT2D eigenvalue weighted by Crippen LogP contribution is 2.24. The van der Waals surface area contributed by atoms with Gasteiger partial charge in [-0.1, -0.05) is 6.07 Å². The molecule has 1 aliphatic rings. The number of aromatic nitrogens is 2. The quantitative estimate of drug-likeness (QED) is 0.744. The van der Waals surface area contributed by atoms with Gasteiger partial charge in [0.1, 0.15) is 17.6 Å². The number of carbonyl (C=O) groups excluding carboxylic acids is 1. The largest absolute Gasteiger partial charge is 0.350 e. The molecule has 4 rings (SSSR count). The standard InChI is InChI=1S/C19H16FN5O/c20-15-3-4-16-13(14(15)9-21)8-17(24-16)19(26)25-7-6-23-18(11-25)12-2-1-5-22-10-12/h1-5,8,10,18,23-24H,6-7,11H2. The number of H-pyrrole nitrogens is 1. The number of nitrogens with one attached hydrogen (secondary N) is 2. The van der Waals surface area contributed by atoms with Crippen molar-refractivity contribution in [3.05, 3.63) is 65.4 Å². The SMILES string of the molecule is N#Cc1c(F)ccc2[nH]c(C(=O)N3CCNC(c4cccnc4)C3)cc12. The molecule has 0 bridgehead atoms. The Morgan fingerprint density at radius 1 is 1.38 bits per heavy atom. The van der Waals surface area contributed by atoms with Crippen LogP contribution >= 0.6 is 0 Å². The lowest BCUT2D eigenvalue weighted by Crippen LogP contribution is -2.48. The van der Waals surface area contributed by atoms with Crippen molar-refractivity contribution in [3.63, 3.8) is 0 Å². The maximum Gasteiger partial charge on any atom is 0.270 e. The predicted molar refractivity (Wildman–Crippen MR) is 93.9 cm³/mol. The maximum atomic E-state index is 13.8. The number of nitriles is 1. The first-order chi connectivity index (χ1) is 12.7. The molecule has 0 saturated carbocycles. The molecule has 1 amide bonds. The lowest BCUT2D eigenvalue weighted by Gasteiger charge is -2.33. The number of halogens is 1. The Kier molecular flexibility index (Phi) is 4.11. The molecule has 1 unspecified atom stereocenters. The van der Waals surface area contributed by atoms with Crippen LogP contribution in [0, 0.1) is 17.1 Å². The summed E-state index contributed by atoms with van der Waals surface area (Å²) in [5.74, 6) is -0.752. The molecule has 1 aliphatic heterocycles. The van der Waals surface area contributed by atoms with Gasteiger partial charge in [0.05, 0.1) is 11.6 Å². The molecule has 1 saturated heterocycles. The van der Waals surface area contributed by atoms with Crippen molar-refractivity contribution in [1.82, 2.24) is 20.2 Å². The van der Waals surface area contributed by atoms with E-state index in [-0.39, 0.29) is 17.5 Å². The van der Waals surface area contributed by atoms with Gasteiger partial charge in [0, 0.05) is 42.9 Å². The first kappa shape index (κ1) is 16.2. The summed E-state index contributed by atoms with van der Waals surface area (Å²) >= 11 is 0. The van der Waals surface area contributed by atoms with Crippen molar-refractivity contribution in [3.8, 4) is 6.07 Å². The van der Waals surface area contributed by atoms with Crippen LogP contribution in [-0.2, 0) is 0 Å². The van der Waals surface area contributed by atoms with E-state index in [4.69, 9.17) is 5.26 Å².